The van der Waals surface area contributed by atoms with Gasteiger partial charge in [0.05, 0.1) is 22.6 Å². The van der Waals surface area contributed by atoms with Crippen LogP contribution in [0.2, 0.25) is 0 Å². The van der Waals surface area contributed by atoms with Gasteiger partial charge in [-0.1, -0.05) is 18.2 Å². The van der Waals surface area contributed by atoms with E-state index in [1.165, 1.54) is 55.3 Å². The minimum absolute atomic E-state index is 0.136. The van der Waals surface area contributed by atoms with Crippen LogP contribution in [-0.2, 0) is 6.18 Å². The smallest absolute Gasteiger partial charge is 0.380 e. The van der Waals surface area contributed by atoms with E-state index in [1.807, 2.05) is 0 Å². The summed E-state index contributed by atoms with van der Waals surface area (Å²) in [6.07, 6.45) is 2.47. The van der Waals surface area contributed by atoms with Crippen molar-refractivity contribution in [1.29, 1.82) is 0 Å². The van der Waals surface area contributed by atoms with Crippen molar-refractivity contribution in [2.75, 3.05) is 48.3 Å². The highest BCUT2D eigenvalue weighted by molar-refractivity contribution is 7.99. The molecule has 6 rings (SSSR count). The van der Waals surface area contributed by atoms with Gasteiger partial charge in [0.25, 0.3) is 0 Å². The zero-order chi connectivity index (χ0) is 24.9. The van der Waals surface area contributed by atoms with Crippen molar-refractivity contribution in [3.63, 3.8) is 0 Å². The Morgan fingerprint density at radius 2 is 1.83 bits per heavy atom. The van der Waals surface area contributed by atoms with E-state index in [4.69, 9.17) is 5.73 Å². The molecule has 36 heavy (non-hydrogen) atoms. The summed E-state index contributed by atoms with van der Waals surface area (Å²) in [6.45, 7) is 4.37. The predicted octanol–water partition coefficient (Wildman–Crippen LogP) is 6.13. The van der Waals surface area contributed by atoms with Crippen molar-refractivity contribution in [3.8, 4) is 0 Å². The molecule has 9 heteroatoms. The average Bonchev–Trinajstić information content (AvgIpc) is 3.48. The van der Waals surface area contributed by atoms with Gasteiger partial charge >= 0.3 is 6.18 Å². The van der Waals surface area contributed by atoms with Crippen LogP contribution in [-0.4, -0.2) is 49.7 Å². The first-order valence-corrected chi connectivity index (χ1v) is 14.0. The molecule has 4 aliphatic rings. The fourth-order valence-electron chi connectivity index (χ4n) is 6.49. The van der Waals surface area contributed by atoms with E-state index in [9.17, 15) is 13.2 Å². The van der Waals surface area contributed by atoms with E-state index in [0.29, 0.717) is 23.2 Å². The second-order valence-corrected chi connectivity index (χ2v) is 11.7. The molecule has 0 amide bonds. The van der Waals surface area contributed by atoms with Crippen LogP contribution in [0.3, 0.4) is 0 Å². The van der Waals surface area contributed by atoms with Crippen molar-refractivity contribution < 1.29 is 13.2 Å². The van der Waals surface area contributed by atoms with Gasteiger partial charge in [-0.25, -0.2) is 0 Å². The molecule has 2 aromatic carbocycles. The number of rotatable bonds is 5. The molecule has 0 radical (unpaired) electrons. The Kier molecular flexibility index (Phi) is 6.50. The summed E-state index contributed by atoms with van der Waals surface area (Å²) in [5.74, 6) is 0.790. The maximum absolute atomic E-state index is 13.9. The van der Waals surface area contributed by atoms with E-state index in [1.54, 1.807) is 0 Å². The first kappa shape index (κ1) is 24.2. The van der Waals surface area contributed by atoms with Crippen LogP contribution in [0.4, 0.5) is 35.9 Å². The summed E-state index contributed by atoms with van der Waals surface area (Å²) in [5, 5.41) is 6.93. The van der Waals surface area contributed by atoms with Gasteiger partial charge < -0.3 is 26.2 Å². The minimum atomic E-state index is -4.40. The third-order valence-corrected chi connectivity index (χ3v) is 9.46. The number of nitrogens with two attached hydrogens (primary N) is 1. The zero-order valence-corrected chi connectivity index (χ0v) is 21.2. The molecule has 3 fully saturated rings. The molecule has 2 unspecified atom stereocenters. The summed E-state index contributed by atoms with van der Waals surface area (Å²) < 4.78 is 41.6. The number of nitrogens with zero attached hydrogens (tertiary/aromatic N) is 2. The normalized spacial score (nSPS) is 24.3. The summed E-state index contributed by atoms with van der Waals surface area (Å²) in [4.78, 5) is 6.44. The quantitative estimate of drug-likeness (QED) is 0.379. The van der Waals surface area contributed by atoms with Crippen molar-refractivity contribution in [2.24, 2.45) is 11.7 Å². The van der Waals surface area contributed by atoms with Crippen molar-refractivity contribution in [2.45, 2.75) is 66.6 Å². The molecule has 0 spiro atoms. The molecular formula is C27H34F3N5S. The number of nitrogens with one attached hydrogen (secondary N) is 2. The van der Waals surface area contributed by atoms with Gasteiger partial charge in [0, 0.05) is 60.3 Å². The van der Waals surface area contributed by atoms with E-state index in [2.05, 4.69) is 38.6 Å². The lowest BCUT2D eigenvalue weighted by atomic mass is 10.0. The monoisotopic (exact) mass is 517 g/mol. The van der Waals surface area contributed by atoms with Crippen LogP contribution in [0, 0.1) is 5.92 Å². The Balaban J connectivity index is 1.26. The number of halogens is 3. The third kappa shape index (κ3) is 4.65. The van der Waals surface area contributed by atoms with E-state index < -0.39 is 11.7 Å². The van der Waals surface area contributed by atoms with Gasteiger partial charge in [0.2, 0.25) is 0 Å². The molecule has 3 heterocycles. The Labute approximate surface area is 215 Å². The van der Waals surface area contributed by atoms with Crippen LogP contribution in [0.25, 0.3) is 0 Å². The first-order chi connectivity index (χ1) is 17.4. The summed E-state index contributed by atoms with van der Waals surface area (Å²) >= 11 is 1.44. The van der Waals surface area contributed by atoms with Gasteiger partial charge in [-0.3, -0.25) is 0 Å². The topological polar surface area (TPSA) is 56.6 Å². The zero-order valence-electron chi connectivity index (χ0n) is 20.4. The van der Waals surface area contributed by atoms with Crippen LogP contribution < -0.4 is 21.3 Å². The summed E-state index contributed by atoms with van der Waals surface area (Å²) in [5.41, 5.74) is 8.50. The molecule has 2 saturated heterocycles. The molecular weight excluding hydrogens is 483 g/mol. The lowest BCUT2D eigenvalue weighted by molar-refractivity contribution is -0.137. The number of fused-ring (bicyclic) bond motifs is 3. The number of benzene rings is 2. The summed E-state index contributed by atoms with van der Waals surface area (Å²) in [7, 11) is 0. The number of hydrogen-bond donors (Lipinski definition) is 3. The molecule has 3 aliphatic heterocycles. The SMILES string of the molecule is NCCN1CCC(Nc2cc(C(F)(F)F)cc3c2Nc2ccc(N4CCC5CCCC54)cc2S3)CC1. The highest BCUT2D eigenvalue weighted by Crippen LogP contribution is 2.51. The third-order valence-electron chi connectivity index (χ3n) is 8.36. The number of hydrogen-bond acceptors (Lipinski definition) is 6. The van der Waals surface area contributed by atoms with Crippen molar-refractivity contribution in [1.82, 2.24) is 4.90 Å². The van der Waals surface area contributed by atoms with Gasteiger partial charge in [0.1, 0.15) is 0 Å². The summed E-state index contributed by atoms with van der Waals surface area (Å²) in [6, 6.07) is 9.73. The molecule has 2 atom stereocenters. The molecule has 1 saturated carbocycles. The van der Waals surface area contributed by atoms with Crippen LogP contribution in [0.5, 0.6) is 0 Å². The lowest BCUT2D eigenvalue weighted by Crippen LogP contribution is -2.41. The minimum Gasteiger partial charge on any atom is -0.380 e. The van der Waals surface area contributed by atoms with E-state index in [-0.39, 0.29) is 6.04 Å². The highest BCUT2D eigenvalue weighted by Gasteiger charge is 2.38. The number of anilines is 4. The molecule has 5 nitrogen and oxygen atoms in total. The molecule has 0 aromatic heterocycles. The lowest BCUT2D eigenvalue weighted by Gasteiger charge is -2.34. The number of likely N-dealkylation sites (tertiary alicyclic amines) is 1. The second kappa shape index (κ2) is 9.65. The Morgan fingerprint density at radius 3 is 2.61 bits per heavy atom. The predicted molar refractivity (Wildman–Crippen MR) is 141 cm³/mol. The standard InChI is InChI=1S/C27H34F3N5S/c28-27(29,30)18-14-22(32-19-7-10-34(11-8-19)13-9-31)26-25(15-18)36-24-16-20(4-5-21(24)33-26)35-12-6-17-2-1-3-23(17)35/h4-5,14-17,19,23,32-33H,1-3,6-13,31H2. The van der Waals surface area contributed by atoms with Crippen LogP contribution >= 0.6 is 11.8 Å². The maximum Gasteiger partial charge on any atom is 0.416 e. The Bertz CT molecular complexity index is 1120. The number of piperidine rings is 1. The van der Waals surface area contributed by atoms with E-state index in [0.717, 1.165) is 61.2 Å². The Hall–Kier alpha value is -2.10. The van der Waals surface area contributed by atoms with Crippen LogP contribution in [0.1, 0.15) is 44.1 Å². The van der Waals surface area contributed by atoms with Crippen molar-refractivity contribution >= 4 is 34.5 Å². The number of alkyl halides is 3. The largest absolute Gasteiger partial charge is 0.416 e. The van der Waals surface area contributed by atoms with Gasteiger partial charge in [-0.05, 0) is 68.4 Å². The molecule has 1 aliphatic carbocycles. The van der Waals surface area contributed by atoms with Gasteiger partial charge in [0.15, 0.2) is 0 Å². The molecule has 194 valence electrons. The first-order valence-electron chi connectivity index (χ1n) is 13.2. The van der Waals surface area contributed by atoms with Crippen molar-refractivity contribution in [3.05, 3.63) is 35.9 Å². The average molecular weight is 518 g/mol. The van der Waals surface area contributed by atoms with E-state index >= 15 is 0 Å². The van der Waals surface area contributed by atoms with Gasteiger partial charge in [-0.2, -0.15) is 13.2 Å². The fraction of sp³-hybridized carbons (Fsp3) is 0.556. The molecule has 4 N–H and O–H groups in total. The fourth-order valence-corrected chi connectivity index (χ4v) is 7.59. The Morgan fingerprint density at radius 1 is 1.00 bits per heavy atom. The molecule has 2 aromatic rings. The second-order valence-electron chi connectivity index (χ2n) is 10.6. The molecule has 0 bridgehead atoms. The maximum atomic E-state index is 13.9. The highest BCUT2D eigenvalue weighted by atomic mass is 32.2. The van der Waals surface area contributed by atoms with Gasteiger partial charge in [-0.15, -0.1) is 0 Å². The van der Waals surface area contributed by atoms with Crippen LogP contribution in [0.15, 0.2) is 40.1 Å².